The van der Waals surface area contributed by atoms with Crippen LogP contribution in [0.4, 0.5) is 10.1 Å². The highest BCUT2D eigenvalue weighted by Crippen LogP contribution is 2.21. The van der Waals surface area contributed by atoms with Crippen LogP contribution in [0, 0.1) is 17.7 Å². The van der Waals surface area contributed by atoms with Crippen LogP contribution < -0.4 is 9.44 Å². The molecule has 1 aromatic carbocycles. The van der Waals surface area contributed by atoms with Gasteiger partial charge < -0.3 is 5.11 Å². The van der Waals surface area contributed by atoms with Gasteiger partial charge in [0, 0.05) is 12.5 Å². The van der Waals surface area contributed by atoms with Crippen LogP contribution in [0.3, 0.4) is 0 Å². The van der Waals surface area contributed by atoms with Crippen molar-refractivity contribution in [3.05, 3.63) is 29.6 Å². The number of benzene rings is 1. The lowest BCUT2D eigenvalue weighted by atomic mass is 10.2. The molecule has 1 aliphatic rings. The van der Waals surface area contributed by atoms with Gasteiger partial charge in [0.15, 0.2) is 0 Å². The second-order valence-corrected chi connectivity index (χ2v) is 5.91. The first kappa shape index (κ1) is 14.8. The average molecular weight is 298 g/mol. The molecule has 0 bridgehead atoms. The highest BCUT2D eigenvalue weighted by Gasteiger charge is 2.26. The van der Waals surface area contributed by atoms with E-state index < -0.39 is 16.0 Å². The third-order valence-corrected chi connectivity index (χ3v) is 3.73. The van der Waals surface area contributed by atoms with Gasteiger partial charge in [0.1, 0.15) is 5.82 Å². The minimum atomic E-state index is -3.64. The number of halogens is 1. The zero-order valence-corrected chi connectivity index (χ0v) is 11.5. The van der Waals surface area contributed by atoms with Gasteiger partial charge in [-0.15, -0.1) is 0 Å². The first-order chi connectivity index (χ1) is 9.50. The first-order valence-electron chi connectivity index (χ1n) is 6.19. The van der Waals surface area contributed by atoms with E-state index in [4.69, 9.17) is 5.11 Å². The quantitative estimate of drug-likeness (QED) is 0.709. The molecule has 0 aliphatic heterocycles. The molecular weight excluding hydrogens is 283 g/mol. The van der Waals surface area contributed by atoms with Gasteiger partial charge in [-0.05, 0) is 31.0 Å². The molecule has 0 saturated heterocycles. The lowest BCUT2D eigenvalue weighted by Gasteiger charge is -2.09. The predicted molar refractivity (Wildman–Crippen MR) is 73.7 cm³/mol. The molecule has 0 unspecified atom stereocenters. The third-order valence-electron chi connectivity index (χ3n) is 2.58. The monoisotopic (exact) mass is 298 g/mol. The SMILES string of the molecule is O=S(=O)(Nc1ccc(F)c(C#CCCO)c1)NC1CC1. The average Bonchev–Trinajstić information content (AvgIpc) is 3.16. The summed E-state index contributed by atoms with van der Waals surface area (Å²) in [6.45, 7) is -0.105. The number of rotatable bonds is 5. The number of aliphatic hydroxyl groups excluding tert-OH is 1. The molecule has 7 heteroatoms. The molecule has 1 aliphatic carbocycles. The maximum Gasteiger partial charge on any atom is 0.299 e. The van der Waals surface area contributed by atoms with Crippen LogP contribution in [0.1, 0.15) is 24.8 Å². The molecule has 0 radical (unpaired) electrons. The number of nitrogens with one attached hydrogen (secondary N) is 2. The minimum Gasteiger partial charge on any atom is -0.395 e. The smallest absolute Gasteiger partial charge is 0.299 e. The molecule has 2 rings (SSSR count). The molecule has 20 heavy (non-hydrogen) atoms. The molecule has 0 aromatic heterocycles. The molecule has 1 fully saturated rings. The van der Waals surface area contributed by atoms with Crippen LogP contribution >= 0.6 is 0 Å². The normalized spacial score (nSPS) is 14.5. The van der Waals surface area contributed by atoms with Gasteiger partial charge in [-0.1, -0.05) is 11.8 Å². The molecular formula is C13H15FN2O3S. The molecule has 0 atom stereocenters. The maximum atomic E-state index is 13.5. The zero-order chi connectivity index (χ0) is 14.6. The second kappa shape index (κ2) is 6.22. The lowest BCUT2D eigenvalue weighted by Crippen LogP contribution is -2.31. The predicted octanol–water partition coefficient (Wildman–Crippen LogP) is 0.968. The number of hydrogen-bond acceptors (Lipinski definition) is 3. The van der Waals surface area contributed by atoms with E-state index in [-0.39, 0.29) is 30.3 Å². The molecule has 3 N–H and O–H groups in total. The van der Waals surface area contributed by atoms with E-state index >= 15 is 0 Å². The van der Waals surface area contributed by atoms with E-state index in [0.29, 0.717) is 0 Å². The van der Waals surface area contributed by atoms with Crippen molar-refractivity contribution in [2.75, 3.05) is 11.3 Å². The summed E-state index contributed by atoms with van der Waals surface area (Å²) in [5.74, 6) is 4.61. The zero-order valence-electron chi connectivity index (χ0n) is 10.7. The molecule has 0 amide bonds. The summed E-state index contributed by atoms with van der Waals surface area (Å²) in [7, 11) is -3.64. The summed E-state index contributed by atoms with van der Waals surface area (Å²) in [6, 6.07) is 3.80. The number of hydrogen-bond donors (Lipinski definition) is 3. The Morgan fingerprint density at radius 3 is 2.80 bits per heavy atom. The number of anilines is 1. The second-order valence-electron chi connectivity index (χ2n) is 4.47. The fourth-order valence-electron chi connectivity index (χ4n) is 1.50. The van der Waals surface area contributed by atoms with Crippen LogP contribution in [0.25, 0.3) is 0 Å². The van der Waals surface area contributed by atoms with Gasteiger partial charge >= 0.3 is 0 Å². The van der Waals surface area contributed by atoms with Crippen molar-refractivity contribution in [2.24, 2.45) is 0 Å². The highest BCUT2D eigenvalue weighted by atomic mass is 32.2. The molecule has 1 aromatic rings. The van der Waals surface area contributed by atoms with Crippen LogP contribution in [0.5, 0.6) is 0 Å². The minimum absolute atomic E-state index is 0.00300. The summed E-state index contributed by atoms with van der Waals surface area (Å²) in [4.78, 5) is 0. The Hall–Kier alpha value is -1.62. The highest BCUT2D eigenvalue weighted by molar-refractivity contribution is 7.90. The van der Waals surface area contributed by atoms with E-state index in [1.165, 1.54) is 12.1 Å². The standard InChI is InChI=1S/C13H15FN2O3S/c14-13-7-6-12(9-10(13)3-1-2-8-17)16-20(18,19)15-11-4-5-11/h6-7,9,11,15-17H,2,4-5,8H2. The Kier molecular flexibility index (Phi) is 4.60. The van der Waals surface area contributed by atoms with E-state index in [2.05, 4.69) is 21.3 Å². The molecule has 0 spiro atoms. The van der Waals surface area contributed by atoms with Gasteiger partial charge in [0.25, 0.3) is 10.2 Å². The molecule has 1 saturated carbocycles. The Morgan fingerprint density at radius 2 is 2.15 bits per heavy atom. The molecule has 108 valence electrons. The third kappa shape index (κ3) is 4.49. The lowest BCUT2D eigenvalue weighted by molar-refractivity contribution is 0.305. The van der Waals surface area contributed by atoms with Crippen LogP contribution in [0.15, 0.2) is 18.2 Å². The Morgan fingerprint density at radius 1 is 1.40 bits per heavy atom. The van der Waals surface area contributed by atoms with E-state index in [1.807, 2.05) is 0 Å². The number of aliphatic hydroxyl groups is 1. The Balaban J connectivity index is 2.12. The molecule has 0 heterocycles. The van der Waals surface area contributed by atoms with Gasteiger partial charge in [-0.3, -0.25) is 4.72 Å². The summed E-state index contributed by atoms with van der Waals surface area (Å²) < 4.78 is 41.7. The summed E-state index contributed by atoms with van der Waals surface area (Å²) >= 11 is 0. The summed E-state index contributed by atoms with van der Waals surface area (Å²) in [6.07, 6.45) is 1.91. The van der Waals surface area contributed by atoms with Gasteiger partial charge in [0.05, 0.1) is 17.9 Å². The largest absolute Gasteiger partial charge is 0.395 e. The van der Waals surface area contributed by atoms with Crippen molar-refractivity contribution >= 4 is 15.9 Å². The van der Waals surface area contributed by atoms with E-state index in [0.717, 1.165) is 18.9 Å². The van der Waals surface area contributed by atoms with Crippen LogP contribution in [-0.4, -0.2) is 26.2 Å². The van der Waals surface area contributed by atoms with Crippen molar-refractivity contribution in [3.63, 3.8) is 0 Å². The van der Waals surface area contributed by atoms with Crippen LogP contribution in [0.2, 0.25) is 0 Å². The Bertz CT molecular complexity index is 645. The van der Waals surface area contributed by atoms with Gasteiger partial charge in [0.2, 0.25) is 0 Å². The topological polar surface area (TPSA) is 78.4 Å². The van der Waals surface area contributed by atoms with Gasteiger partial charge in [-0.2, -0.15) is 13.1 Å². The van der Waals surface area contributed by atoms with Crippen LogP contribution in [-0.2, 0) is 10.2 Å². The maximum absolute atomic E-state index is 13.5. The van der Waals surface area contributed by atoms with Gasteiger partial charge in [-0.25, -0.2) is 4.39 Å². The molecule has 5 nitrogen and oxygen atoms in total. The van der Waals surface area contributed by atoms with E-state index in [1.54, 1.807) is 0 Å². The fraction of sp³-hybridized carbons (Fsp3) is 0.385. The van der Waals surface area contributed by atoms with Crippen molar-refractivity contribution < 1.29 is 17.9 Å². The van der Waals surface area contributed by atoms with E-state index in [9.17, 15) is 12.8 Å². The van der Waals surface area contributed by atoms with Crippen molar-refractivity contribution in [3.8, 4) is 11.8 Å². The first-order valence-corrected chi connectivity index (χ1v) is 7.68. The summed E-state index contributed by atoms with van der Waals surface area (Å²) in [5.41, 5.74) is 0.331. The van der Waals surface area contributed by atoms with Crippen molar-refractivity contribution in [2.45, 2.75) is 25.3 Å². The van der Waals surface area contributed by atoms with Crippen molar-refractivity contribution in [1.82, 2.24) is 4.72 Å². The van der Waals surface area contributed by atoms with Crippen molar-refractivity contribution in [1.29, 1.82) is 0 Å². The summed E-state index contributed by atoms with van der Waals surface area (Å²) in [5, 5.41) is 8.61. The Labute approximate surface area is 117 Å². The fourth-order valence-corrected chi connectivity index (χ4v) is 2.67.